The minimum absolute atomic E-state index is 0.169. The number of hydrogen-bond donors (Lipinski definition) is 3. The molecule has 0 amide bonds. The molecule has 0 aliphatic heterocycles. The summed E-state index contributed by atoms with van der Waals surface area (Å²) in [5.41, 5.74) is 5.40. The monoisotopic (exact) mass is 187 g/mol. The third-order valence-corrected chi connectivity index (χ3v) is 1.63. The normalized spacial score (nSPS) is 9.45. The van der Waals surface area contributed by atoms with Crippen molar-refractivity contribution in [3.63, 3.8) is 0 Å². The Balaban J connectivity index is 3.43. The van der Waals surface area contributed by atoms with E-state index in [-0.39, 0.29) is 15.3 Å². The molecule has 11 heavy (non-hydrogen) atoms. The first-order valence-corrected chi connectivity index (χ1v) is 3.54. The summed E-state index contributed by atoms with van der Waals surface area (Å²) in [6.45, 7) is 0. The molecule has 0 aliphatic rings. The number of aromatic amines is 2. The summed E-state index contributed by atoms with van der Waals surface area (Å²) in [5, 5.41) is 0. The zero-order chi connectivity index (χ0) is 8.43. The van der Waals surface area contributed by atoms with Gasteiger partial charge in [-0.1, -0.05) is 24.4 Å². The molecule has 4 nitrogen and oxygen atoms in total. The van der Waals surface area contributed by atoms with Gasteiger partial charge < -0.3 is 10.7 Å². The van der Waals surface area contributed by atoms with E-state index in [0.717, 1.165) is 0 Å². The van der Waals surface area contributed by atoms with Gasteiger partial charge in [0.1, 0.15) is 9.63 Å². The van der Waals surface area contributed by atoms with Crippen molar-refractivity contribution in [1.82, 2.24) is 9.97 Å². The first-order valence-electron chi connectivity index (χ1n) is 2.73. The summed E-state index contributed by atoms with van der Waals surface area (Å²) in [4.78, 5) is 15.5. The SMILES string of the molecule is NC(=S)c1c[nH]c(=O)[nH]c1=S. The van der Waals surface area contributed by atoms with Crippen LogP contribution in [0.25, 0.3) is 0 Å². The van der Waals surface area contributed by atoms with Gasteiger partial charge in [-0.15, -0.1) is 0 Å². The van der Waals surface area contributed by atoms with Gasteiger partial charge in [-0.3, -0.25) is 4.98 Å². The highest BCUT2D eigenvalue weighted by Gasteiger charge is 1.97. The van der Waals surface area contributed by atoms with Crippen molar-refractivity contribution in [2.45, 2.75) is 0 Å². The van der Waals surface area contributed by atoms with Crippen molar-refractivity contribution in [2.24, 2.45) is 5.73 Å². The number of nitrogens with one attached hydrogen (secondary N) is 2. The van der Waals surface area contributed by atoms with E-state index < -0.39 is 0 Å². The topological polar surface area (TPSA) is 74.7 Å². The maximum atomic E-state index is 10.6. The van der Waals surface area contributed by atoms with Gasteiger partial charge in [0.2, 0.25) is 0 Å². The molecule has 0 atom stereocenters. The van der Waals surface area contributed by atoms with E-state index in [1.54, 1.807) is 0 Å². The van der Waals surface area contributed by atoms with E-state index in [4.69, 9.17) is 18.0 Å². The average Bonchev–Trinajstić information content (AvgIpc) is 1.85. The molecule has 0 saturated carbocycles. The van der Waals surface area contributed by atoms with Gasteiger partial charge in [0.05, 0.1) is 5.56 Å². The highest BCUT2D eigenvalue weighted by Crippen LogP contribution is 1.93. The Hall–Kier alpha value is -1.01. The molecule has 0 aromatic carbocycles. The zero-order valence-corrected chi connectivity index (χ0v) is 7.01. The van der Waals surface area contributed by atoms with Crippen LogP contribution in [0.5, 0.6) is 0 Å². The molecule has 0 aliphatic carbocycles. The highest BCUT2D eigenvalue weighted by molar-refractivity contribution is 7.80. The fraction of sp³-hybridized carbons (Fsp3) is 0. The molecule has 0 saturated heterocycles. The first kappa shape index (κ1) is 8.09. The minimum Gasteiger partial charge on any atom is -0.389 e. The van der Waals surface area contributed by atoms with Gasteiger partial charge in [-0.2, -0.15) is 0 Å². The summed E-state index contributed by atoms with van der Waals surface area (Å²) >= 11 is 9.43. The van der Waals surface area contributed by atoms with Gasteiger partial charge in [0.25, 0.3) is 0 Å². The van der Waals surface area contributed by atoms with Crippen LogP contribution < -0.4 is 11.4 Å². The molecule has 1 aromatic rings. The minimum atomic E-state index is -0.366. The molecule has 0 spiro atoms. The van der Waals surface area contributed by atoms with E-state index in [1.807, 2.05) is 0 Å². The lowest BCUT2D eigenvalue weighted by Crippen LogP contribution is -2.17. The standard InChI is InChI=1S/C5H5N3OS2/c6-3(10)2-1-7-5(9)8-4(2)11/h1H,(H2,6,10)(H2,7,8,9,11). The van der Waals surface area contributed by atoms with Crippen LogP contribution in [0, 0.1) is 4.64 Å². The Morgan fingerprint density at radius 1 is 1.64 bits per heavy atom. The van der Waals surface area contributed by atoms with Crippen LogP contribution in [-0.2, 0) is 0 Å². The molecule has 0 fully saturated rings. The van der Waals surface area contributed by atoms with Gasteiger partial charge in [0, 0.05) is 6.20 Å². The molecule has 1 aromatic heterocycles. The molecule has 1 heterocycles. The van der Waals surface area contributed by atoms with Crippen LogP contribution in [0.3, 0.4) is 0 Å². The van der Waals surface area contributed by atoms with Gasteiger partial charge >= 0.3 is 5.69 Å². The quantitative estimate of drug-likeness (QED) is 0.544. The highest BCUT2D eigenvalue weighted by atomic mass is 32.1. The Labute approximate surface area is 72.5 Å². The average molecular weight is 187 g/mol. The number of aromatic nitrogens is 2. The smallest absolute Gasteiger partial charge is 0.323 e. The van der Waals surface area contributed by atoms with E-state index in [2.05, 4.69) is 22.2 Å². The largest absolute Gasteiger partial charge is 0.389 e. The van der Waals surface area contributed by atoms with Crippen LogP contribution in [0.15, 0.2) is 11.0 Å². The van der Waals surface area contributed by atoms with Gasteiger partial charge in [0.15, 0.2) is 0 Å². The molecule has 1 rings (SSSR count). The molecule has 58 valence electrons. The van der Waals surface area contributed by atoms with Gasteiger partial charge in [-0.25, -0.2) is 4.79 Å². The molecule has 4 N–H and O–H groups in total. The third kappa shape index (κ3) is 1.72. The second-order valence-electron chi connectivity index (χ2n) is 1.85. The fourth-order valence-corrected chi connectivity index (χ4v) is 1.08. The van der Waals surface area contributed by atoms with Crippen molar-refractivity contribution >= 4 is 29.4 Å². The van der Waals surface area contributed by atoms with Crippen molar-refractivity contribution in [3.8, 4) is 0 Å². The van der Waals surface area contributed by atoms with Crippen LogP contribution in [0.1, 0.15) is 5.56 Å². The van der Waals surface area contributed by atoms with E-state index in [1.165, 1.54) is 6.20 Å². The maximum Gasteiger partial charge on any atom is 0.323 e. The number of H-pyrrole nitrogens is 2. The molecule has 6 heteroatoms. The summed E-state index contributed by atoms with van der Waals surface area (Å²) in [5.74, 6) is 0. The van der Waals surface area contributed by atoms with E-state index >= 15 is 0 Å². The van der Waals surface area contributed by atoms with Crippen LogP contribution in [0.4, 0.5) is 0 Å². The lowest BCUT2D eigenvalue weighted by molar-refractivity contribution is 1.05. The van der Waals surface area contributed by atoms with Crippen LogP contribution in [0.2, 0.25) is 0 Å². The molecular formula is C5H5N3OS2. The summed E-state index contributed by atoms with van der Waals surface area (Å²) in [6, 6.07) is 0. The lowest BCUT2D eigenvalue weighted by Gasteiger charge is -1.94. The molecule has 0 bridgehead atoms. The zero-order valence-electron chi connectivity index (χ0n) is 5.38. The summed E-state index contributed by atoms with van der Waals surface area (Å²) in [7, 11) is 0. The Morgan fingerprint density at radius 3 is 2.73 bits per heavy atom. The van der Waals surface area contributed by atoms with E-state index in [0.29, 0.717) is 5.56 Å². The molecule has 0 radical (unpaired) electrons. The van der Waals surface area contributed by atoms with Crippen LogP contribution >= 0.6 is 24.4 Å². The molecular weight excluding hydrogens is 182 g/mol. The van der Waals surface area contributed by atoms with Crippen LogP contribution in [-0.4, -0.2) is 15.0 Å². The van der Waals surface area contributed by atoms with Crippen molar-refractivity contribution in [2.75, 3.05) is 0 Å². The van der Waals surface area contributed by atoms with Crippen molar-refractivity contribution < 1.29 is 0 Å². The second kappa shape index (κ2) is 2.93. The van der Waals surface area contributed by atoms with Crippen molar-refractivity contribution in [3.05, 3.63) is 26.9 Å². The first-order chi connectivity index (χ1) is 5.11. The Morgan fingerprint density at radius 2 is 2.27 bits per heavy atom. The van der Waals surface area contributed by atoms with Gasteiger partial charge in [-0.05, 0) is 0 Å². The Kier molecular flexibility index (Phi) is 2.16. The summed E-state index contributed by atoms with van der Waals surface area (Å²) in [6.07, 6.45) is 1.39. The Bertz CT molecular complexity index is 391. The fourth-order valence-electron chi connectivity index (χ4n) is 0.593. The number of nitrogens with two attached hydrogens (primary N) is 1. The predicted octanol–water partition coefficient (Wildman–Crippen LogP) is 0.0667. The molecule has 0 unspecified atom stereocenters. The maximum absolute atomic E-state index is 10.6. The van der Waals surface area contributed by atoms with E-state index in [9.17, 15) is 4.79 Å². The second-order valence-corrected chi connectivity index (χ2v) is 2.70. The number of thiocarbonyl (C=S) groups is 1. The number of rotatable bonds is 1. The predicted molar refractivity (Wildman–Crippen MR) is 48.1 cm³/mol. The van der Waals surface area contributed by atoms with Crippen molar-refractivity contribution in [1.29, 1.82) is 0 Å². The lowest BCUT2D eigenvalue weighted by atomic mass is 10.3. The number of hydrogen-bond acceptors (Lipinski definition) is 3. The summed E-state index contributed by atoms with van der Waals surface area (Å²) < 4.78 is 0.265. The third-order valence-electron chi connectivity index (χ3n) is 1.08.